The maximum Gasteiger partial charge on any atom is 0.309 e. The topological polar surface area (TPSA) is 59.2 Å². The molecule has 1 saturated carbocycles. The first-order valence-corrected chi connectivity index (χ1v) is 6.85. The Morgan fingerprint density at radius 1 is 1.35 bits per heavy atom. The number of rotatable bonds is 4. The van der Waals surface area contributed by atoms with E-state index < -0.39 is 0 Å². The molecular formula is C16H17NO3. The molecule has 0 saturated heterocycles. The minimum atomic E-state index is -0.247. The van der Waals surface area contributed by atoms with Gasteiger partial charge in [0.2, 0.25) is 5.78 Å². The Morgan fingerprint density at radius 3 is 2.75 bits per heavy atom. The summed E-state index contributed by atoms with van der Waals surface area (Å²) in [6.07, 6.45) is 0.874. The zero-order valence-corrected chi connectivity index (χ0v) is 11.6. The summed E-state index contributed by atoms with van der Waals surface area (Å²) in [6.45, 7) is 3.69. The van der Waals surface area contributed by atoms with Crippen LogP contribution in [0.4, 0.5) is 0 Å². The van der Waals surface area contributed by atoms with E-state index in [0.29, 0.717) is 11.5 Å². The normalized spacial score (nSPS) is 20.9. The minimum Gasteiger partial charge on any atom is -0.457 e. The van der Waals surface area contributed by atoms with Crippen LogP contribution in [0.15, 0.2) is 24.3 Å². The lowest BCUT2D eigenvalue weighted by molar-refractivity contribution is -0.144. The third-order valence-corrected chi connectivity index (χ3v) is 3.93. The summed E-state index contributed by atoms with van der Waals surface area (Å²) >= 11 is 0. The third-order valence-electron chi connectivity index (χ3n) is 3.93. The summed E-state index contributed by atoms with van der Waals surface area (Å²) in [4.78, 5) is 27.1. The molecule has 20 heavy (non-hydrogen) atoms. The number of H-pyrrole nitrogens is 1. The van der Waals surface area contributed by atoms with Gasteiger partial charge in [0.1, 0.15) is 0 Å². The van der Waals surface area contributed by atoms with Gasteiger partial charge in [0.15, 0.2) is 6.61 Å². The van der Waals surface area contributed by atoms with Crippen molar-refractivity contribution in [2.24, 2.45) is 11.8 Å². The fraction of sp³-hybridized carbons (Fsp3) is 0.375. The van der Waals surface area contributed by atoms with Crippen LogP contribution in [0, 0.1) is 18.8 Å². The zero-order valence-electron chi connectivity index (χ0n) is 11.6. The van der Waals surface area contributed by atoms with Crippen molar-refractivity contribution in [1.82, 2.24) is 4.98 Å². The van der Waals surface area contributed by atoms with Crippen molar-refractivity contribution in [1.29, 1.82) is 0 Å². The number of esters is 1. The van der Waals surface area contributed by atoms with E-state index in [1.807, 2.05) is 38.1 Å². The number of hydrogen-bond acceptors (Lipinski definition) is 3. The van der Waals surface area contributed by atoms with Crippen LogP contribution in [0.1, 0.15) is 29.4 Å². The predicted octanol–water partition coefficient (Wildman–Crippen LogP) is 2.86. The van der Waals surface area contributed by atoms with E-state index >= 15 is 0 Å². The van der Waals surface area contributed by atoms with Crippen molar-refractivity contribution in [3.63, 3.8) is 0 Å². The van der Waals surface area contributed by atoms with Crippen molar-refractivity contribution in [2.75, 3.05) is 6.61 Å². The van der Waals surface area contributed by atoms with Gasteiger partial charge >= 0.3 is 5.97 Å². The molecule has 3 rings (SSSR count). The largest absolute Gasteiger partial charge is 0.457 e. The number of ketones is 1. The molecule has 0 amide bonds. The molecule has 0 spiro atoms. The molecule has 2 atom stereocenters. The monoisotopic (exact) mass is 271 g/mol. The second-order valence-electron chi connectivity index (χ2n) is 5.52. The highest BCUT2D eigenvalue weighted by Crippen LogP contribution is 2.38. The van der Waals surface area contributed by atoms with Crippen LogP contribution in [0.25, 0.3) is 10.9 Å². The summed E-state index contributed by atoms with van der Waals surface area (Å²) in [6, 6.07) is 7.64. The molecule has 1 aromatic heterocycles. The second kappa shape index (κ2) is 4.78. The SMILES string of the molecule is Cc1[nH]c2ccccc2c1C(=O)COC(=O)[C@@H]1C[C@H]1C. The first-order valence-electron chi connectivity index (χ1n) is 6.85. The molecule has 1 aliphatic rings. The molecule has 0 aliphatic heterocycles. The van der Waals surface area contributed by atoms with Gasteiger partial charge in [-0.2, -0.15) is 0 Å². The number of aromatic amines is 1. The van der Waals surface area contributed by atoms with E-state index in [0.717, 1.165) is 23.0 Å². The van der Waals surface area contributed by atoms with Crippen LogP contribution in [0.5, 0.6) is 0 Å². The summed E-state index contributed by atoms with van der Waals surface area (Å²) in [5.74, 6) is -0.00996. The number of para-hydroxylation sites is 1. The number of nitrogens with one attached hydrogen (secondary N) is 1. The van der Waals surface area contributed by atoms with E-state index in [2.05, 4.69) is 4.98 Å². The van der Waals surface area contributed by atoms with Crippen molar-refractivity contribution >= 4 is 22.7 Å². The van der Waals surface area contributed by atoms with Crippen molar-refractivity contribution in [3.8, 4) is 0 Å². The van der Waals surface area contributed by atoms with E-state index in [-0.39, 0.29) is 24.3 Å². The number of aryl methyl sites for hydroxylation is 1. The van der Waals surface area contributed by atoms with Gasteiger partial charge < -0.3 is 9.72 Å². The molecule has 104 valence electrons. The van der Waals surface area contributed by atoms with Gasteiger partial charge in [0, 0.05) is 22.2 Å². The molecule has 1 heterocycles. The molecule has 4 heteroatoms. The van der Waals surface area contributed by atoms with Crippen LogP contribution in [-0.2, 0) is 9.53 Å². The van der Waals surface area contributed by atoms with E-state index in [1.165, 1.54) is 0 Å². The molecule has 0 radical (unpaired) electrons. The van der Waals surface area contributed by atoms with Gasteiger partial charge in [0.05, 0.1) is 5.92 Å². The minimum absolute atomic E-state index is 0.00753. The Hall–Kier alpha value is -2.10. The maximum absolute atomic E-state index is 12.3. The van der Waals surface area contributed by atoms with Gasteiger partial charge in [0.25, 0.3) is 0 Å². The molecule has 1 aliphatic carbocycles. The van der Waals surface area contributed by atoms with Gasteiger partial charge in [-0.1, -0.05) is 25.1 Å². The Bertz CT molecular complexity index is 686. The average molecular weight is 271 g/mol. The van der Waals surface area contributed by atoms with Crippen molar-refractivity contribution in [3.05, 3.63) is 35.5 Å². The maximum atomic E-state index is 12.3. The number of benzene rings is 1. The Morgan fingerprint density at radius 2 is 2.05 bits per heavy atom. The average Bonchev–Trinajstić information content (AvgIpc) is 3.05. The van der Waals surface area contributed by atoms with Gasteiger partial charge in [-0.05, 0) is 25.3 Å². The number of hydrogen-bond donors (Lipinski definition) is 1. The van der Waals surface area contributed by atoms with E-state index in [1.54, 1.807) is 0 Å². The number of carbonyl (C=O) groups excluding carboxylic acids is 2. The summed E-state index contributed by atoms with van der Waals surface area (Å²) in [5.41, 5.74) is 2.36. The highest BCUT2D eigenvalue weighted by Gasteiger charge is 2.40. The smallest absolute Gasteiger partial charge is 0.309 e. The summed E-state index contributed by atoms with van der Waals surface area (Å²) < 4.78 is 5.12. The van der Waals surface area contributed by atoms with Crippen LogP contribution in [0.3, 0.4) is 0 Å². The molecule has 0 unspecified atom stereocenters. The fourth-order valence-electron chi connectivity index (χ4n) is 2.60. The molecule has 0 bridgehead atoms. The Kier molecular flexibility index (Phi) is 3.08. The number of aromatic nitrogens is 1. The van der Waals surface area contributed by atoms with Gasteiger partial charge in [-0.25, -0.2) is 0 Å². The lowest BCUT2D eigenvalue weighted by Crippen LogP contribution is -2.16. The number of ether oxygens (including phenoxy) is 1. The van der Waals surface area contributed by atoms with Crippen LogP contribution in [0.2, 0.25) is 0 Å². The molecule has 4 nitrogen and oxygen atoms in total. The highest BCUT2D eigenvalue weighted by molar-refractivity contribution is 6.10. The predicted molar refractivity (Wildman–Crippen MR) is 75.6 cm³/mol. The fourth-order valence-corrected chi connectivity index (χ4v) is 2.60. The lowest BCUT2D eigenvalue weighted by Gasteiger charge is -2.04. The first kappa shape index (κ1) is 12.9. The van der Waals surface area contributed by atoms with Crippen LogP contribution >= 0.6 is 0 Å². The third kappa shape index (κ3) is 2.22. The van der Waals surface area contributed by atoms with Gasteiger partial charge in [-0.3, -0.25) is 9.59 Å². The summed E-state index contributed by atoms with van der Waals surface area (Å²) in [5, 5.41) is 0.880. The molecule has 1 N–H and O–H groups in total. The number of carbonyl (C=O) groups is 2. The zero-order chi connectivity index (χ0) is 14.3. The Balaban J connectivity index is 1.75. The lowest BCUT2D eigenvalue weighted by atomic mass is 10.1. The summed E-state index contributed by atoms with van der Waals surface area (Å²) in [7, 11) is 0. The Labute approximate surface area is 117 Å². The van der Waals surface area contributed by atoms with Gasteiger partial charge in [-0.15, -0.1) is 0 Å². The molecule has 1 fully saturated rings. The van der Waals surface area contributed by atoms with E-state index in [9.17, 15) is 9.59 Å². The second-order valence-corrected chi connectivity index (χ2v) is 5.52. The number of fused-ring (bicyclic) bond motifs is 1. The highest BCUT2D eigenvalue weighted by atomic mass is 16.5. The van der Waals surface area contributed by atoms with Crippen LogP contribution in [-0.4, -0.2) is 23.3 Å². The first-order chi connectivity index (χ1) is 9.58. The molecule has 1 aromatic carbocycles. The number of Topliss-reactive ketones (excluding diaryl/α,β-unsaturated/α-hetero) is 1. The molecular weight excluding hydrogens is 254 g/mol. The molecule has 2 aromatic rings. The van der Waals surface area contributed by atoms with Crippen molar-refractivity contribution in [2.45, 2.75) is 20.3 Å². The van der Waals surface area contributed by atoms with Crippen LogP contribution < -0.4 is 0 Å². The quantitative estimate of drug-likeness (QED) is 0.687. The standard InChI is InChI=1S/C16H17NO3/c1-9-7-12(9)16(19)20-8-14(18)15-10(2)17-13-6-4-3-5-11(13)15/h3-6,9,12,17H,7-8H2,1-2H3/t9-,12-/m1/s1. The van der Waals surface area contributed by atoms with E-state index in [4.69, 9.17) is 4.74 Å². The van der Waals surface area contributed by atoms with Crippen molar-refractivity contribution < 1.29 is 14.3 Å².